The van der Waals surface area contributed by atoms with Crippen LogP contribution in [-0.2, 0) is 56.3 Å². The maximum atomic E-state index is 14.5. The van der Waals surface area contributed by atoms with Crippen LogP contribution >= 0.6 is 0 Å². The lowest BCUT2D eigenvalue weighted by Crippen LogP contribution is -2.59. The van der Waals surface area contributed by atoms with Gasteiger partial charge in [0.05, 0.1) is 0 Å². The topological polar surface area (TPSA) is 172 Å². The molecule has 0 spiro atoms. The molecule has 5 N–H and O–H groups in total. The number of amides is 4. The zero-order chi connectivity index (χ0) is 44.0. The molecule has 4 unspecified atom stereocenters. The third kappa shape index (κ3) is 12.6. The molecule has 2 heterocycles. The summed E-state index contributed by atoms with van der Waals surface area (Å²) in [5.41, 5.74) is 5.70. The number of carboxylic acid groups (broad SMARTS) is 1. The van der Waals surface area contributed by atoms with Crippen molar-refractivity contribution in [3.05, 3.63) is 192 Å². The van der Waals surface area contributed by atoms with Crippen molar-refractivity contribution >= 4 is 29.6 Å². The highest BCUT2D eigenvalue weighted by atomic mass is 16.5. The molecule has 63 heavy (non-hydrogen) atoms. The fraction of sp³-hybridized carbons (Fsp3) is 0.196. The lowest BCUT2D eigenvalue weighted by molar-refractivity contribution is -0.142. The van der Waals surface area contributed by atoms with Crippen molar-refractivity contribution in [1.29, 1.82) is 0 Å². The van der Waals surface area contributed by atoms with E-state index >= 15 is 0 Å². The van der Waals surface area contributed by atoms with E-state index in [4.69, 9.17) is 9.47 Å². The fourth-order valence-electron chi connectivity index (χ4n) is 7.23. The van der Waals surface area contributed by atoms with Crippen LogP contribution in [0.25, 0.3) is 11.1 Å². The van der Waals surface area contributed by atoms with E-state index in [1.54, 1.807) is 60.7 Å². The summed E-state index contributed by atoms with van der Waals surface area (Å²) in [6.45, 7) is -0.0571. The van der Waals surface area contributed by atoms with Gasteiger partial charge in [-0.2, -0.15) is 0 Å². The molecule has 12 nitrogen and oxygen atoms in total. The summed E-state index contributed by atoms with van der Waals surface area (Å²) in [6.07, 6.45) is 0.0521. The number of ether oxygens (including phenoxy) is 2. The summed E-state index contributed by atoms with van der Waals surface area (Å²) in [5.74, 6) is -2.93. The van der Waals surface area contributed by atoms with Crippen LogP contribution in [0.1, 0.15) is 27.8 Å². The minimum Gasteiger partial charge on any atom is -0.489 e. The first-order valence-electron chi connectivity index (χ1n) is 20.7. The summed E-state index contributed by atoms with van der Waals surface area (Å²) >= 11 is 0. The fourth-order valence-corrected chi connectivity index (χ4v) is 7.23. The normalized spacial score (nSPS) is 18.5. The molecule has 2 bridgehead atoms. The average molecular weight is 845 g/mol. The maximum Gasteiger partial charge on any atom is 0.326 e. The van der Waals surface area contributed by atoms with Crippen LogP contribution in [0.15, 0.2) is 164 Å². The average Bonchev–Trinajstić information content (AvgIpc) is 3.31. The van der Waals surface area contributed by atoms with E-state index in [1.165, 1.54) is 0 Å². The zero-order valence-corrected chi connectivity index (χ0v) is 34.4. The van der Waals surface area contributed by atoms with Gasteiger partial charge in [-0.3, -0.25) is 19.2 Å². The largest absolute Gasteiger partial charge is 0.489 e. The summed E-state index contributed by atoms with van der Waals surface area (Å²) in [4.78, 5) is 69.0. The Kier molecular flexibility index (Phi) is 14.6. The molecule has 0 radical (unpaired) electrons. The second kappa shape index (κ2) is 21.2. The highest BCUT2D eigenvalue weighted by molar-refractivity contribution is 5.95. The van der Waals surface area contributed by atoms with E-state index in [2.05, 4.69) is 21.3 Å². The first-order valence-corrected chi connectivity index (χ1v) is 20.7. The van der Waals surface area contributed by atoms with Gasteiger partial charge in [-0.1, -0.05) is 140 Å². The highest BCUT2D eigenvalue weighted by Gasteiger charge is 2.32. The number of hydrogen-bond acceptors (Lipinski definition) is 7. The van der Waals surface area contributed by atoms with Gasteiger partial charge in [-0.05, 0) is 63.2 Å². The highest BCUT2D eigenvalue weighted by Crippen LogP contribution is 2.21. The molecule has 6 aromatic rings. The third-order valence-electron chi connectivity index (χ3n) is 10.7. The molecule has 4 amide bonds. The minimum atomic E-state index is -1.34. The van der Waals surface area contributed by atoms with Gasteiger partial charge in [0.15, 0.2) is 6.61 Å². The molecule has 2 aliphatic heterocycles. The summed E-state index contributed by atoms with van der Waals surface area (Å²) in [6, 6.07) is 44.9. The molecular weight excluding hydrogens is 797 g/mol. The molecule has 0 saturated carbocycles. The van der Waals surface area contributed by atoms with Crippen molar-refractivity contribution in [3.8, 4) is 22.6 Å². The van der Waals surface area contributed by atoms with Gasteiger partial charge < -0.3 is 35.8 Å². The molecule has 12 heteroatoms. The second-order valence-corrected chi connectivity index (χ2v) is 15.4. The smallest absolute Gasteiger partial charge is 0.326 e. The zero-order valence-electron chi connectivity index (χ0n) is 34.4. The number of nitrogens with one attached hydrogen (secondary N) is 4. The van der Waals surface area contributed by atoms with Crippen molar-refractivity contribution in [3.63, 3.8) is 0 Å². The van der Waals surface area contributed by atoms with Gasteiger partial charge in [-0.15, -0.1) is 0 Å². The van der Waals surface area contributed by atoms with E-state index in [0.717, 1.165) is 22.3 Å². The monoisotopic (exact) mass is 844 g/mol. The van der Waals surface area contributed by atoms with Crippen LogP contribution in [0.2, 0.25) is 0 Å². The molecule has 0 aliphatic carbocycles. The van der Waals surface area contributed by atoms with E-state index in [0.29, 0.717) is 34.8 Å². The standard InChI is InChI=1S/C51H48N4O8/c56-47-33-63-42-26-20-37(21-27-42)31-46(51(60)61)55-50(59)44(28-34-10-4-1-5-11-34)54-49(58)45(30-35-16-22-40(23-17-35)39-14-8-3-9-15-39)53-48(57)43(52-47)29-36-18-24-41(25-19-36)62-32-38-12-6-2-7-13-38/h1-27,43-46H,28-33H2,(H,52,56)(H,53,57)(H,54,58)(H,55,59)(H,60,61). The number of benzene rings is 6. The second-order valence-electron chi connectivity index (χ2n) is 15.4. The Morgan fingerprint density at radius 1 is 0.524 bits per heavy atom. The first-order chi connectivity index (χ1) is 30.6. The van der Waals surface area contributed by atoms with Crippen LogP contribution in [0, 0.1) is 0 Å². The molecule has 0 saturated heterocycles. The molecule has 0 fully saturated rings. The van der Waals surface area contributed by atoms with Crippen molar-refractivity contribution in [1.82, 2.24) is 21.3 Å². The Bertz CT molecular complexity index is 2470. The minimum absolute atomic E-state index is 0.0231. The van der Waals surface area contributed by atoms with Gasteiger partial charge in [0.25, 0.3) is 5.91 Å². The number of carbonyl (C=O) groups excluding carboxylic acids is 4. The van der Waals surface area contributed by atoms with E-state index in [-0.39, 0.29) is 25.7 Å². The van der Waals surface area contributed by atoms with Crippen molar-refractivity contribution in [2.75, 3.05) is 6.61 Å². The Hall–Kier alpha value is -7.73. The lowest BCUT2D eigenvalue weighted by Gasteiger charge is -2.26. The van der Waals surface area contributed by atoms with Crippen LogP contribution in [0.4, 0.5) is 0 Å². The van der Waals surface area contributed by atoms with E-state index < -0.39 is 60.4 Å². The molecule has 320 valence electrons. The van der Waals surface area contributed by atoms with Gasteiger partial charge in [0.2, 0.25) is 17.7 Å². The Labute approximate surface area is 365 Å². The summed E-state index contributed by atoms with van der Waals surface area (Å²) in [7, 11) is 0. The Morgan fingerprint density at radius 2 is 0.984 bits per heavy atom. The van der Waals surface area contributed by atoms with E-state index in [9.17, 15) is 29.1 Å². The van der Waals surface area contributed by atoms with Crippen molar-refractivity contribution < 1.29 is 38.6 Å². The first kappa shape index (κ1) is 43.4. The molecule has 0 aromatic heterocycles. The number of fused-ring (bicyclic) bond motifs is 16. The van der Waals surface area contributed by atoms with Crippen LogP contribution in [-0.4, -0.2) is 65.5 Å². The predicted octanol–water partition coefficient (Wildman–Crippen LogP) is 5.62. The van der Waals surface area contributed by atoms with Gasteiger partial charge in [0.1, 0.15) is 42.3 Å². The lowest BCUT2D eigenvalue weighted by atomic mass is 9.98. The molecule has 4 atom stereocenters. The number of rotatable bonds is 11. The summed E-state index contributed by atoms with van der Waals surface area (Å²) < 4.78 is 11.7. The van der Waals surface area contributed by atoms with E-state index in [1.807, 2.05) is 103 Å². The number of carboxylic acids is 1. The van der Waals surface area contributed by atoms with Gasteiger partial charge in [0, 0.05) is 25.7 Å². The molecule has 2 aliphatic rings. The Balaban J connectivity index is 1.19. The number of aliphatic carboxylic acids is 1. The quantitative estimate of drug-likeness (QED) is 0.105. The Morgan fingerprint density at radius 3 is 1.54 bits per heavy atom. The van der Waals surface area contributed by atoms with Crippen LogP contribution in [0.5, 0.6) is 11.5 Å². The third-order valence-corrected chi connectivity index (χ3v) is 10.7. The molecule has 6 aromatic carbocycles. The maximum absolute atomic E-state index is 14.5. The van der Waals surface area contributed by atoms with Gasteiger partial charge >= 0.3 is 5.97 Å². The predicted molar refractivity (Wildman–Crippen MR) is 238 cm³/mol. The molecule has 8 rings (SSSR count). The summed E-state index contributed by atoms with van der Waals surface area (Å²) in [5, 5.41) is 21.3. The van der Waals surface area contributed by atoms with Gasteiger partial charge in [-0.25, -0.2) is 4.79 Å². The number of carbonyl (C=O) groups is 5. The number of hydrogen-bond donors (Lipinski definition) is 5. The van der Waals surface area contributed by atoms with Crippen molar-refractivity contribution in [2.24, 2.45) is 0 Å². The van der Waals surface area contributed by atoms with Crippen molar-refractivity contribution in [2.45, 2.75) is 56.5 Å². The van der Waals surface area contributed by atoms with Crippen LogP contribution < -0.4 is 30.7 Å². The molecular formula is C51H48N4O8. The van der Waals surface area contributed by atoms with Crippen LogP contribution in [0.3, 0.4) is 0 Å². The SMILES string of the molecule is O=C1COc2ccc(cc2)CC(C(=O)O)NC(=O)C(Cc2ccccc2)NC(=O)C(Cc2ccc(-c3ccccc3)cc2)NC(=O)C(Cc2ccc(OCc3ccccc3)cc2)N1.